The Labute approximate surface area is 188 Å². The van der Waals surface area contributed by atoms with Crippen molar-refractivity contribution in [2.45, 2.75) is 45.4 Å². The van der Waals surface area contributed by atoms with E-state index in [9.17, 15) is 13.6 Å². The van der Waals surface area contributed by atoms with Crippen LogP contribution >= 0.6 is 0 Å². The third-order valence-corrected chi connectivity index (χ3v) is 5.16. The molecule has 32 heavy (non-hydrogen) atoms. The van der Waals surface area contributed by atoms with E-state index in [1.54, 1.807) is 48.5 Å². The highest BCUT2D eigenvalue weighted by molar-refractivity contribution is 5.91. The molecular formula is C27H28F2O3. The lowest BCUT2D eigenvalue weighted by Gasteiger charge is -2.09. The first-order chi connectivity index (χ1) is 15.6. The molecule has 3 aromatic rings. The summed E-state index contributed by atoms with van der Waals surface area (Å²) in [5, 5.41) is 0. The van der Waals surface area contributed by atoms with Gasteiger partial charge in [0.15, 0.2) is 0 Å². The topological polar surface area (TPSA) is 35.5 Å². The fourth-order valence-electron chi connectivity index (χ4n) is 3.35. The first-order valence-corrected chi connectivity index (χ1v) is 11.1. The van der Waals surface area contributed by atoms with Crippen LogP contribution in [-0.2, 0) is 0 Å². The highest BCUT2D eigenvalue weighted by Crippen LogP contribution is 2.24. The normalized spacial score (nSPS) is 10.7. The second-order valence-corrected chi connectivity index (χ2v) is 7.68. The van der Waals surface area contributed by atoms with Gasteiger partial charge in [0.2, 0.25) is 0 Å². The van der Waals surface area contributed by atoms with Crippen molar-refractivity contribution in [3.05, 3.63) is 83.9 Å². The minimum atomic E-state index is -0.654. The van der Waals surface area contributed by atoms with Gasteiger partial charge in [-0.1, -0.05) is 51.2 Å². The van der Waals surface area contributed by atoms with Gasteiger partial charge < -0.3 is 9.47 Å². The third-order valence-electron chi connectivity index (χ3n) is 5.16. The van der Waals surface area contributed by atoms with Crippen molar-refractivity contribution in [3.8, 4) is 22.6 Å². The van der Waals surface area contributed by atoms with Gasteiger partial charge in [0, 0.05) is 11.6 Å². The van der Waals surface area contributed by atoms with Crippen molar-refractivity contribution < 1.29 is 23.0 Å². The van der Waals surface area contributed by atoms with Crippen molar-refractivity contribution in [3.63, 3.8) is 0 Å². The van der Waals surface area contributed by atoms with Crippen LogP contribution in [0.15, 0.2) is 66.7 Å². The molecule has 168 valence electrons. The number of halogens is 2. The Bertz CT molecular complexity index is 998. The van der Waals surface area contributed by atoms with E-state index in [-0.39, 0.29) is 5.56 Å². The van der Waals surface area contributed by atoms with E-state index < -0.39 is 17.6 Å². The summed E-state index contributed by atoms with van der Waals surface area (Å²) >= 11 is 0. The molecule has 3 rings (SSSR count). The molecular weight excluding hydrogens is 410 g/mol. The van der Waals surface area contributed by atoms with Gasteiger partial charge in [-0.05, 0) is 60.5 Å². The largest absolute Gasteiger partial charge is 0.494 e. The number of carbonyl (C=O) groups is 1. The van der Waals surface area contributed by atoms with Crippen molar-refractivity contribution >= 4 is 5.97 Å². The summed E-state index contributed by atoms with van der Waals surface area (Å²) in [5.41, 5.74) is 1.15. The van der Waals surface area contributed by atoms with Crippen LogP contribution in [0.25, 0.3) is 11.1 Å². The van der Waals surface area contributed by atoms with Crippen LogP contribution in [0.4, 0.5) is 8.78 Å². The molecule has 3 aromatic carbocycles. The molecule has 0 aliphatic heterocycles. The Balaban J connectivity index is 1.49. The zero-order chi connectivity index (χ0) is 22.8. The van der Waals surface area contributed by atoms with Crippen LogP contribution in [0.3, 0.4) is 0 Å². The van der Waals surface area contributed by atoms with Crippen LogP contribution in [0.1, 0.15) is 55.8 Å². The van der Waals surface area contributed by atoms with Gasteiger partial charge >= 0.3 is 5.97 Å². The van der Waals surface area contributed by atoms with Gasteiger partial charge in [-0.3, -0.25) is 0 Å². The predicted molar refractivity (Wildman–Crippen MR) is 122 cm³/mol. The number of esters is 1. The van der Waals surface area contributed by atoms with Gasteiger partial charge in [-0.15, -0.1) is 0 Å². The number of unbranched alkanes of at least 4 members (excludes halogenated alkanes) is 5. The lowest BCUT2D eigenvalue weighted by molar-refractivity contribution is 0.0734. The summed E-state index contributed by atoms with van der Waals surface area (Å²) in [7, 11) is 0. The van der Waals surface area contributed by atoms with Gasteiger partial charge in [0.25, 0.3) is 0 Å². The zero-order valence-electron chi connectivity index (χ0n) is 18.3. The molecule has 0 aliphatic carbocycles. The number of hydrogen-bond acceptors (Lipinski definition) is 3. The first-order valence-electron chi connectivity index (χ1n) is 11.1. The minimum absolute atomic E-state index is 0.267. The molecule has 0 spiro atoms. The van der Waals surface area contributed by atoms with Crippen molar-refractivity contribution in [1.82, 2.24) is 0 Å². The Kier molecular flexibility index (Phi) is 8.79. The van der Waals surface area contributed by atoms with E-state index in [4.69, 9.17) is 9.47 Å². The Hall–Kier alpha value is -3.21. The Morgan fingerprint density at radius 3 is 2.12 bits per heavy atom. The third kappa shape index (κ3) is 6.91. The van der Waals surface area contributed by atoms with E-state index in [0.29, 0.717) is 23.5 Å². The van der Waals surface area contributed by atoms with Crippen molar-refractivity contribution in [2.24, 2.45) is 0 Å². The van der Waals surface area contributed by atoms with Gasteiger partial charge in [0.1, 0.15) is 23.1 Å². The lowest BCUT2D eigenvalue weighted by Crippen LogP contribution is -2.08. The average molecular weight is 439 g/mol. The fourth-order valence-corrected chi connectivity index (χ4v) is 3.35. The van der Waals surface area contributed by atoms with E-state index in [1.165, 1.54) is 44.2 Å². The average Bonchev–Trinajstić information content (AvgIpc) is 2.80. The zero-order valence-corrected chi connectivity index (χ0v) is 18.3. The number of carbonyl (C=O) groups excluding carboxylic acids is 1. The van der Waals surface area contributed by atoms with Crippen LogP contribution in [0, 0.1) is 11.6 Å². The highest BCUT2D eigenvalue weighted by atomic mass is 19.1. The molecule has 0 fully saturated rings. The number of ether oxygens (including phenoxy) is 2. The van der Waals surface area contributed by atoms with Crippen LogP contribution in [0.5, 0.6) is 11.5 Å². The lowest BCUT2D eigenvalue weighted by atomic mass is 10.0. The first kappa shape index (κ1) is 23.5. The predicted octanol–water partition coefficient (Wildman–Crippen LogP) is 7.59. The molecule has 0 saturated heterocycles. The number of benzene rings is 3. The Morgan fingerprint density at radius 2 is 1.44 bits per heavy atom. The van der Waals surface area contributed by atoms with E-state index >= 15 is 0 Å². The summed E-state index contributed by atoms with van der Waals surface area (Å²) < 4.78 is 38.2. The highest BCUT2D eigenvalue weighted by Gasteiger charge is 2.11. The molecule has 0 aromatic heterocycles. The summed E-state index contributed by atoms with van der Waals surface area (Å²) in [6, 6.07) is 16.6. The maximum Gasteiger partial charge on any atom is 0.343 e. The second kappa shape index (κ2) is 12.0. The monoisotopic (exact) mass is 438 g/mol. The summed E-state index contributed by atoms with van der Waals surface area (Å²) in [4.78, 5) is 12.4. The molecule has 0 N–H and O–H groups in total. The Morgan fingerprint density at radius 1 is 0.781 bits per heavy atom. The van der Waals surface area contributed by atoms with Gasteiger partial charge in [-0.2, -0.15) is 0 Å². The van der Waals surface area contributed by atoms with Crippen LogP contribution in [0.2, 0.25) is 0 Å². The van der Waals surface area contributed by atoms with Crippen molar-refractivity contribution in [1.29, 1.82) is 0 Å². The van der Waals surface area contributed by atoms with E-state index in [2.05, 4.69) is 6.92 Å². The SMILES string of the molecule is CCCCCCCCOc1ccc(OC(=O)c2ccc(-c3ccc(F)cc3F)cc2)cc1. The molecule has 0 amide bonds. The van der Waals surface area contributed by atoms with Crippen molar-refractivity contribution in [2.75, 3.05) is 6.61 Å². The van der Waals surface area contributed by atoms with Gasteiger partial charge in [0.05, 0.1) is 12.2 Å². The molecule has 3 nitrogen and oxygen atoms in total. The molecule has 0 saturated carbocycles. The van der Waals surface area contributed by atoms with Crippen LogP contribution in [-0.4, -0.2) is 12.6 Å². The fraction of sp³-hybridized carbons (Fsp3) is 0.296. The minimum Gasteiger partial charge on any atom is -0.494 e. The van der Waals surface area contributed by atoms with E-state index in [1.807, 2.05) is 0 Å². The maximum absolute atomic E-state index is 13.9. The molecule has 0 heterocycles. The molecule has 0 unspecified atom stereocenters. The summed E-state index contributed by atoms with van der Waals surface area (Å²) in [6.07, 6.45) is 7.25. The molecule has 0 atom stereocenters. The number of rotatable bonds is 11. The summed E-state index contributed by atoms with van der Waals surface area (Å²) in [6.45, 7) is 2.88. The molecule has 5 heteroatoms. The quantitative estimate of drug-likeness (QED) is 0.176. The maximum atomic E-state index is 13.9. The molecule has 0 bridgehead atoms. The van der Waals surface area contributed by atoms with Gasteiger partial charge in [-0.25, -0.2) is 13.6 Å². The van der Waals surface area contributed by atoms with Crippen LogP contribution < -0.4 is 9.47 Å². The number of hydrogen-bond donors (Lipinski definition) is 0. The molecule has 0 aliphatic rings. The van der Waals surface area contributed by atoms with E-state index in [0.717, 1.165) is 18.2 Å². The standard InChI is InChI=1S/C27H28F2O3/c1-2-3-4-5-6-7-18-31-23-13-15-24(16-14-23)32-27(30)21-10-8-20(9-11-21)25-17-12-22(28)19-26(25)29/h8-17,19H,2-7,18H2,1H3. The summed E-state index contributed by atoms with van der Waals surface area (Å²) in [5.74, 6) is -0.652. The molecule has 0 radical (unpaired) electrons. The second-order valence-electron chi connectivity index (χ2n) is 7.68. The smallest absolute Gasteiger partial charge is 0.343 e.